The van der Waals surface area contributed by atoms with Gasteiger partial charge in [0.25, 0.3) is 0 Å². The highest BCUT2D eigenvalue weighted by Gasteiger charge is 2.60. The maximum absolute atomic E-state index is 12.4. The predicted octanol–water partition coefficient (Wildman–Crippen LogP) is 5.99. The minimum Gasteiger partial charge on any atom is -0.479 e. The number of rotatable bonds is 5. The molecule has 4 aliphatic rings. The number of ketones is 1. The molecular formula is C30H40O5. The number of carboxylic acid groups (broad SMARTS) is 1. The Morgan fingerprint density at radius 1 is 1.03 bits per heavy atom. The van der Waals surface area contributed by atoms with E-state index in [9.17, 15) is 19.8 Å². The number of aliphatic carboxylic acids is 1. The number of hydrogen-bond acceptors (Lipinski definition) is 4. The standard InChI is InChI=1S/C30H40O5/c1-18-5-7-20(8-6-18)26(27(32)33)35-30(34)16-15-28(3)21(17-30)9-10-22-24-12-11-23(19(2)31)29(24,4)14-13-25(22)28/h5-9,22-26,34H,10-17H2,1-4H3,(H,32,33)/t22-,23+,24-,25-,26?,28-,29+,30+/m0/s1. The maximum atomic E-state index is 12.4. The van der Waals surface area contributed by atoms with Crippen LogP contribution in [0, 0.1) is 41.4 Å². The first kappa shape index (κ1) is 24.7. The minimum atomic E-state index is -1.48. The van der Waals surface area contributed by atoms with E-state index in [0.717, 1.165) is 44.1 Å². The van der Waals surface area contributed by atoms with Gasteiger partial charge in [0.05, 0.1) is 0 Å². The summed E-state index contributed by atoms with van der Waals surface area (Å²) in [6.07, 6.45) is 8.08. The smallest absolute Gasteiger partial charge is 0.337 e. The lowest BCUT2D eigenvalue weighted by Gasteiger charge is -2.58. The summed E-state index contributed by atoms with van der Waals surface area (Å²) in [5.41, 5.74) is 2.94. The third-order valence-corrected chi connectivity index (χ3v) is 10.6. The van der Waals surface area contributed by atoms with Crippen LogP contribution in [-0.2, 0) is 14.3 Å². The van der Waals surface area contributed by atoms with Gasteiger partial charge in [0.2, 0.25) is 0 Å². The Kier molecular flexibility index (Phi) is 6.04. The van der Waals surface area contributed by atoms with Gasteiger partial charge in [-0.15, -0.1) is 0 Å². The fourth-order valence-corrected chi connectivity index (χ4v) is 8.61. The van der Waals surface area contributed by atoms with Gasteiger partial charge in [-0.05, 0) is 86.5 Å². The molecule has 1 unspecified atom stereocenters. The zero-order chi connectivity index (χ0) is 25.2. The summed E-state index contributed by atoms with van der Waals surface area (Å²) in [5.74, 6) is -0.302. The van der Waals surface area contributed by atoms with Gasteiger partial charge in [-0.2, -0.15) is 0 Å². The van der Waals surface area contributed by atoms with Crippen LogP contribution in [0.1, 0.15) is 89.4 Å². The van der Waals surface area contributed by atoms with Gasteiger partial charge in [-0.25, -0.2) is 4.79 Å². The largest absolute Gasteiger partial charge is 0.479 e. The molecule has 0 amide bonds. The molecule has 0 spiro atoms. The number of aliphatic hydroxyl groups is 1. The molecule has 8 atom stereocenters. The molecule has 1 aromatic carbocycles. The molecule has 0 aromatic heterocycles. The number of benzene rings is 1. The van der Waals surface area contributed by atoms with Crippen LogP contribution in [0.4, 0.5) is 0 Å². The molecule has 3 fully saturated rings. The van der Waals surface area contributed by atoms with Gasteiger partial charge in [-0.3, -0.25) is 4.79 Å². The van der Waals surface area contributed by atoms with E-state index in [1.165, 1.54) is 5.57 Å². The van der Waals surface area contributed by atoms with E-state index < -0.39 is 17.9 Å². The summed E-state index contributed by atoms with van der Waals surface area (Å²) in [4.78, 5) is 24.5. The Labute approximate surface area is 209 Å². The number of Topliss-reactive ketones (excluding diaryl/α,β-unsaturated/α-hetero) is 1. The average molecular weight is 481 g/mol. The normalized spacial score (nSPS) is 41.2. The Bertz CT molecular complexity index is 1040. The number of ether oxygens (including phenoxy) is 1. The van der Waals surface area contributed by atoms with Gasteiger partial charge in [0, 0.05) is 18.8 Å². The van der Waals surface area contributed by atoms with Crippen molar-refractivity contribution < 1.29 is 24.5 Å². The number of hydrogen-bond donors (Lipinski definition) is 2. The molecule has 0 saturated heterocycles. The molecule has 0 aliphatic heterocycles. The molecule has 35 heavy (non-hydrogen) atoms. The van der Waals surface area contributed by atoms with Gasteiger partial charge >= 0.3 is 5.97 Å². The lowest BCUT2D eigenvalue weighted by Crippen LogP contribution is -2.53. The fourth-order valence-electron chi connectivity index (χ4n) is 8.61. The van der Waals surface area contributed by atoms with Crippen molar-refractivity contribution in [3.05, 3.63) is 47.0 Å². The number of carbonyl (C=O) groups is 2. The summed E-state index contributed by atoms with van der Waals surface area (Å²) in [6, 6.07) is 7.28. The van der Waals surface area contributed by atoms with Gasteiger partial charge in [-0.1, -0.05) is 55.3 Å². The van der Waals surface area contributed by atoms with Crippen molar-refractivity contribution in [3.8, 4) is 0 Å². The number of fused-ring (bicyclic) bond motifs is 5. The first-order chi connectivity index (χ1) is 16.5. The van der Waals surface area contributed by atoms with Crippen LogP contribution in [-0.4, -0.2) is 27.8 Å². The molecule has 3 saturated carbocycles. The SMILES string of the molecule is CC(=O)[C@H]1CC[C@H]2[C@@H]3CC=C4C[C@](O)(OC(C(=O)O)c5ccc(C)cc5)CC[C@]4(C)[C@H]3CC[C@]12C. The number of allylic oxidation sites excluding steroid dienone is 1. The molecule has 2 N–H and O–H groups in total. The van der Waals surface area contributed by atoms with Crippen LogP contribution >= 0.6 is 0 Å². The highest BCUT2D eigenvalue weighted by Crippen LogP contribution is 2.67. The summed E-state index contributed by atoms with van der Waals surface area (Å²) < 4.78 is 6.00. The van der Waals surface area contributed by atoms with Crippen molar-refractivity contribution in [1.29, 1.82) is 0 Å². The second-order valence-electron chi connectivity index (χ2n) is 12.4. The minimum absolute atomic E-state index is 0.00325. The average Bonchev–Trinajstić information content (AvgIpc) is 3.16. The molecule has 5 heteroatoms. The van der Waals surface area contributed by atoms with E-state index in [1.807, 2.05) is 19.1 Å². The second-order valence-corrected chi connectivity index (χ2v) is 12.4. The van der Waals surface area contributed by atoms with Gasteiger partial charge < -0.3 is 14.9 Å². The van der Waals surface area contributed by atoms with Crippen LogP contribution in [0.5, 0.6) is 0 Å². The van der Waals surface area contributed by atoms with Gasteiger partial charge in [0.15, 0.2) is 11.9 Å². The molecule has 0 bridgehead atoms. The van der Waals surface area contributed by atoms with E-state index in [2.05, 4.69) is 19.9 Å². The van der Waals surface area contributed by atoms with Crippen molar-refractivity contribution in [3.63, 3.8) is 0 Å². The van der Waals surface area contributed by atoms with E-state index in [4.69, 9.17) is 4.74 Å². The zero-order valence-corrected chi connectivity index (χ0v) is 21.5. The topological polar surface area (TPSA) is 83.8 Å². The Balaban J connectivity index is 1.37. The van der Waals surface area contributed by atoms with Crippen LogP contribution in [0.15, 0.2) is 35.9 Å². The summed E-state index contributed by atoms with van der Waals surface area (Å²) in [6.45, 7) is 8.44. The van der Waals surface area contributed by atoms with Crippen LogP contribution in [0.25, 0.3) is 0 Å². The summed E-state index contributed by atoms with van der Waals surface area (Å²) in [7, 11) is 0. The maximum Gasteiger partial charge on any atom is 0.337 e. The van der Waals surface area contributed by atoms with Crippen LogP contribution < -0.4 is 0 Å². The van der Waals surface area contributed by atoms with E-state index >= 15 is 0 Å². The first-order valence-corrected chi connectivity index (χ1v) is 13.4. The summed E-state index contributed by atoms with van der Waals surface area (Å²) >= 11 is 0. The quantitative estimate of drug-likeness (QED) is 0.399. The van der Waals surface area contributed by atoms with Crippen molar-refractivity contribution in [2.75, 3.05) is 0 Å². The van der Waals surface area contributed by atoms with E-state index in [0.29, 0.717) is 41.9 Å². The van der Waals surface area contributed by atoms with Crippen molar-refractivity contribution >= 4 is 11.8 Å². The van der Waals surface area contributed by atoms with Crippen molar-refractivity contribution in [1.82, 2.24) is 0 Å². The third kappa shape index (κ3) is 3.99. The number of carbonyl (C=O) groups excluding carboxylic acids is 1. The summed E-state index contributed by atoms with van der Waals surface area (Å²) in [5, 5.41) is 21.4. The van der Waals surface area contributed by atoms with Crippen molar-refractivity contribution in [2.45, 2.75) is 91.0 Å². The van der Waals surface area contributed by atoms with E-state index in [-0.39, 0.29) is 16.7 Å². The molecule has 4 aliphatic carbocycles. The molecule has 190 valence electrons. The predicted molar refractivity (Wildman–Crippen MR) is 133 cm³/mol. The first-order valence-electron chi connectivity index (χ1n) is 13.4. The highest BCUT2D eigenvalue weighted by atomic mass is 16.6. The Morgan fingerprint density at radius 3 is 2.40 bits per heavy atom. The highest BCUT2D eigenvalue weighted by molar-refractivity contribution is 5.79. The zero-order valence-electron chi connectivity index (χ0n) is 21.5. The van der Waals surface area contributed by atoms with Gasteiger partial charge in [0.1, 0.15) is 5.78 Å². The molecule has 0 heterocycles. The third-order valence-electron chi connectivity index (χ3n) is 10.6. The number of aryl methyl sites for hydroxylation is 1. The Morgan fingerprint density at radius 2 is 1.74 bits per heavy atom. The lowest BCUT2D eigenvalue weighted by atomic mass is 9.47. The molecule has 5 rings (SSSR count). The van der Waals surface area contributed by atoms with Crippen LogP contribution in [0.3, 0.4) is 0 Å². The fraction of sp³-hybridized carbons (Fsp3) is 0.667. The van der Waals surface area contributed by atoms with Crippen LogP contribution in [0.2, 0.25) is 0 Å². The second kappa shape index (κ2) is 8.55. The molecule has 5 nitrogen and oxygen atoms in total. The molecule has 1 aromatic rings. The number of carboxylic acids is 1. The lowest BCUT2D eigenvalue weighted by molar-refractivity contribution is -0.251. The van der Waals surface area contributed by atoms with Crippen molar-refractivity contribution in [2.24, 2.45) is 34.5 Å². The molecular weight excluding hydrogens is 440 g/mol. The van der Waals surface area contributed by atoms with E-state index in [1.54, 1.807) is 19.1 Å². The monoisotopic (exact) mass is 480 g/mol. The Hall–Kier alpha value is -1.98. The molecule has 0 radical (unpaired) electrons.